The van der Waals surface area contributed by atoms with E-state index in [4.69, 9.17) is 10.3 Å². The fraction of sp³-hybridized carbons (Fsp3) is 0.571. The van der Waals surface area contributed by atoms with Crippen molar-refractivity contribution in [2.24, 2.45) is 5.92 Å². The van der Waals surface area contributed by atoms with Gasteiger partial charge < -0.3 is 19.9 Å². The van der Waals surface area contributed by atoms with Gasteiger partial charge in [0.25, 0.3) is 0 Å². The molecule has 7 heteroatoms. The number of fused-ring (bicyclic) bond motifs is 5. The molecule has 2 fully saturated rings. The fourth-order valence-corrected chi connectivity index (χ4v) is 5.26. The van der Waals surface area contributed by atoms with Crippen LogP contribution in [0, 0.1) is 5.92 Å². The van der Waals surface area contributed by atoms with Crippen LogP contribution in [0.5, 0.6) is 0 Å². The molecule has 3 aromatic rings. The topological polar surface area (TPSA) is 103 Å². The lowest BCUT2D eigenvalue weighted by atomic mass is 9.80. The molecule has 2 saturated carbocycles. The van der Waals surface area contributed by atoms with Gasteiger partial charge in [-0.25, -0.2) is 9.97 Å². The van der Waals surface area contributed by atoms with Crippen LogP contribution in [0.4, 0.5) is 5.82 Å². The molecule has 3 aliphatic carbocycles. The molecule has 0 radical (unpaired) electrons. The Morgan fingerprint density at radius 1 is 1.25 bits per heavy atom. The summed E-state index contributed by atoms with van der Waals surface area (Å²) in [6.07, 6.45) is 7.92. The lowest BCUT2D eigenvalue weighted by Gasteiger charge is -2.36. The molecular weight excluding hydrogens is 354 g/mol. The molecule has 7 nitrogen and oxygen atoms in total. The Morgan fingerprint density at radius 2 is 2.07 bits per heavy atom. The van der Waals surface area contributed by atoms with Crippen molar-refractivity contribution in [1.82, 2.24) is 19.7 Å². The average molecular weight is 379 g/mol. The lowest BCUT2D eigenvalue weighted by Crippen LogP contribution is -2.30. The highest BCUT2D eigenvalue weighted by atomic mass is 16.5. The molecule has 6 rings (SSSR count). The molecule has 28 heavy (non-hydrogen) atoms. The molecule has 1 unspecified atom stereocenters. The Balaban J connectivity index is 1.62. The van der Waals surface area contributed by atoms with E-state index < -0.39 is 0 Å². The molecule has 0 saturated heterocycles. The fourth-order valence-electron chi connectivity index (χ4n) is 5.26. The van der Waals surface area contributed by atoms with Crippen molar-refractivity contribution >= 4 is 16.9 Å². The average Bonchev–Trinajstić information content (AvgIpc) is 3.35. The van der Waals surface area contributed by atoms with Gasteiger partial charge in [0.1, 0.15) is 29.2 Å². The highest BCUT2D eigenvalue weighted by Gasteiger charge is 2.40. The van der Waals surface area contributed by atoms with Crippen LogP contribution >= 0.6 is 0 Å². The number of hydrogen-bond acceptors (Lipinski definition) is 6. The zero-order chi connectivity index (χ0) is 19.0. The number of aliphatic hydroxyl groups excluding tert-OH is 1. The van der Waals surface area contributed by atoms with Crippen LogP contribution in [-0.4, -0.2) is 31.4 Å². The first-order chi connectivity index (χ1) is 13.7. The molecule has 3 aliphatic rings. The van der Waals surface area contributed by atoms with E-state index in [1.165, 1.54) is 24.1 Å². The smallest absolute Gasteiger partial charge is 0.146 e. The summed E-state index contributed by atoms with van der Waals surface area (Å²) in [4.78, 5) is 8.92. The number of nitrogen functional groups attached to an aromatic ring is 1. The number of hydrogen-bond donors (Lipinski definition) is 2. The Kier molecular flexibility index (Phi) is 3.42. The van der Waals surface area contributed by atoms with Crippen LogP contribution in [0.15, 0.2) is 10.9 Å². The molecule has 0 spiro atoms. The molecule has 0 bridgehead atoms. The molecular formula is C21H25N5O2. The van der Waals surface area contributed by atoms with E-state index in [9.17, 15) is 5.11 Å². The molecule has 3 N–H and O–H groups in total. The van der Waals surface area contributed by atoms with E-state index in [1.54, 1.807) is 6.33 Å². The first-order valence-electron chi connectivity index (χ1n) is 10.4. The summed E-state index contributed by atoms with van der Waals surface area (Å²) in [5.74, 6) is 2.90. The van der Waals surface area contributed by atoms with Gasteiger partial charge in [-0.1, -0.05) is 12.1 Å². The molecule has 0 aliphatic heterocycles. The number of nitrogens with zero attached hydrogens (tertiary/aromatic N) is 4. The van der Waals surface area contributed by atoms with Crippen molar-refractivity contribution < 1.29 is 9.63 Å². The van der Waals surface area contributed by atoms with Crippen LogP contribution in [-0.2, 0) is 6.42 Å². The van der Waals surface area contributed by atoms with E-state index in [0.29, 0.717) is 29.6 Å². The largest absolute Gasteiger partial charge is 0.396 e. The molecule has 3 heterocycles. The summed E-state index contributed by atoms with van der Waals surface area (Å²) < 4.78 is 8.25. The summed E-state index contributed by atoms with van der Waals surface area (Å²) in [6.45, 7) is 2.54. The first kappa shape index (κ1) is 16.5. The maximum atomic E-state index is 9.49. The molecule has 0 amide bonds. The minimum Gasteiger partial charge on any atom is -0.396 e. The van der Waals surface area contributed by atoms with Gasteiger partial charge in [-0.15, -0.1) is 0 Å². The quantitative estimate of drug-likeness (QED) is 0.721. The third-order valence-electron chi connectivity index (χ3n) is 7.00. The number of nitrogens with two attached hydrogens (primary N) is 1. The van der Waals surface area contributed by atoms with Crippen LogP contribution in [0.1, 0.15) is 73.9 Å². The minimum absolute atomic E-state index is 0.254. The number of aromatic nitrogens is 4. The Bertz CT molecular complexity index is 1070. The number of anilines is 1. The monoisotopic (exact) mass is 379 g/mol. The maximum absolute atomic E-state index is 9.49. The van der Waals surface area contributed by atoms with Gasteiger partial charge in [0.2, 0.25) is 0 Å². The zero-order valence-corrected chi connectivity index (χ0v) is 16.1. The second kappa shape index (κ2) is 5.80. The minimum atomic E-state index is 0.254. The van der Waals surface area contributed by atoms with E-state index in [-0.39, 0.29) is 6.61 Å². The number of aliphatic hydroxyl groups is 1. The maximum Gasteiger partial charge on any atom is 0.146 e. The van der Waals surface area contributed by atoms with Crippen LogP contribution in [0.3, 0.4) is 0 Å². The SMILES string of the molecule is CC1CCc2c(c3c(N)ncnc3n2C2CC(CO)C2)-c2noc(C3CC3)c21. The van der Waals surface area contributed by atoms with Crippen molar-refractivity contribution in [3.63, 3.8) is 0 Å². The molecule has 1 atom stereocenters. The third kappa shape index (κ3) is 2.16. The van der Waals surface area contributed by atoms with Gasteiger partial charge in [0.05, 0.1) is 5.39 Å². The van der Waals surface area contributed by atoms with Crippen LogP contribution in [0.25, 0.3) is 22.3 Å². The third-order valence-corrected chi connectivity index (χ3v) is 7.00. The summed E-state index contributed by atoms with van der Waals surface area (Å²) in [5, 5.41) is 15.0. The van der Waals surface area contributed by atoms with Gasteiger partial charge >= 0.3 is 0 Å². The van der Waals surface area contributed by atoms with Crippen LogP contribution in [0.2, 0.25) is 0 Å². The number of rotatable bonds is 3. The van der Waals surface area contributed by atoms with E-state index in [2.05, 4.69) is 26.6 Å². The van der Waals surface area contributed by atoms with E-state index in [0.717, 1.165) is 53.7 Å². The second-order valence-corrected chi connectivity index (χ2v) is 8.85. The van der Waals surface area contributed by atoms with E-state index >= 15 is 0 Å². The predicted octanol–water partition coefficient (Wildman–Crippen LogP) is 3.54. The zero-order valence-electron chi connectivity index (χ0n) is 16.1. The summed E-state index contributed by atoms with van der Waals surface area (Å²) >= 11 is 0. The van der Waals surface area contributed by atoms with Crippen molar-refractivity contribution in [2.75, 3.05) is 12.3 Å². The molecule has 146 valence electrons. The van der Waals surface area contributed by atoms with Gasteiger partial charge in [-0.05, 0) is 50.4 Å². The van der Waals surface area contributed by atoms with Crippen molar-refractivity contribution in [3.05, 3.63) is 23.3 Å². The standard InChI is InChI=1S/C21H25N5O2/c1-10-2-5-14-16(18-15(10)19(28-25-18)12-3-4-12)17-20(22)23-9-24-21(17)26(14)13-6-11(7-13)8-27/h9-13,27H,2-8H2,1H3,(H2,22,23,24). The van der Waals surface area contributed by atoms with Gasteiger partial charge in [0, 0.05) is 35.4 Å². The Labute approximate surface area is 162 Å². The van der Waals surface area contributed by atoms with Gasteiger partial charge in [-0.3, -0.25) is 0 Å². The molecule has 0 aromatic carbocycles. The second-order valence-electron chi connectivity index (χ2n) is 8.85. The van der Waals surface area contributed by atoms with Gasteiger partial charge in [0.15, 0.2) is 0 Å². The highest BCUT2D eigenvalue weighted by molar-refractivity contribution is 6.02. The predicted molar refractivity (Wildman–Crippen MR) is 105 cm³/mol. The van der Waals surface area contributed by atoms with Crippen molar-refractivity contribution in [1.29, 1.82) is 0 Å². The Morgan fingerprint density at radius 3 is 2.82 bits per heavy atom. The normalized spacial score (nSPS) is 26.6. The van der Waals surface area contributed by atoms with Gasteiger partial charge in [-0.2, -0.15) is 0 Å². The Hall–Kier alpha value is -2.41. The molecule has 3 aromatic heterocycles. The summed E-state index contributed by atoms with van der Waals surface area (Å²) in [7, 11) is 0. The summed E-state index contributed by atoms with van der Waals surface area (Å²) in [6, 6.07) is 0.351. The van der Waals surface area contributed by atoms with Crippen molar-refractivity contribution in [3.8, 4) is 11.3 Å². The first-order valence-corrected chi connectivity index (χ1v) is 10.4. The van der Waals surface area contributed by atoms with Crippen LogP contribution < -0.4 is 5.73 Å². The lowest BCUT2D eigenvalue weighted by molar-refractivity contribution is 0.113. The highest BCUT2D eigenvalue weighted by Crippen LogP contribution is 2.52. The van der Waals surface area contributed by atoms with E-state index in [1.807, 2.05) is 0 Å². The van der Waals surface area contributed by atoms with Crippen molar-refractivity contribution in [2.45, 2.75) is 63.3 Å². The summed E-state index contributed by atoms with van der Waals surface area (Å²) in [5.41, 5.74) is 11.8.